The normalized spacial score (nSPS) is 23.8. The number of hydrogen-bond acceptors (Lipinski definition) is 4. The summed E-state index contributed by atoms with van der Waals surface area (Å²) in [6.07, 6.45) is -9.62. The molecule has 2 bridgehead atoms. The van der Waals surface area contributed by atoms with Crippen molar-refractivity contribution in [3.63, 3.8) is 0 Å². The molecule has 2 fully saturated rings. The average Bonchev–Trinajstić information content (AvgIpc) is 3.37. The summed E-state index contributed by atoms with van der Waals surface area (Å²) in [7, 11) is 0. The lowest BCUT2D eigenvalue weighted by Crippen LogP contribution is -2.52. The van der Waals surface area contributed by atoms with Gasteiger partial charge in [0.25, 0.3) is 0 Å². The zero-order valence-electron chi connectivity index (χ0n) is 20.7. The molecule has 1 aromatic heterocycles. The fourth-order valence-electron chi connectivity index (χ4n) is 4.83. The largest absolute Gasteiger partial charge is 0.433 e. The van der Waals surface area contributed by atoms with Gasteiger partial charge >= 0.3 is 12.4 Å². The lowest BCUT2D eigenvalue weighted by Gasteiger charge is -2.38. The summed E-state index contributed by atoms with van der Waals surface area (Å²) >= 11 is 0. The van der Waals surface area contributed by atoms with Crippen molar-refractivity contribution in [2.24, 2.45) is 5.92 Å². The van der Waals surface area contributed by atoms with E-state index < -0.39 is 65.9 Å². The topological polar surface area (TPSA) is 60.2 Å². The van der Waals surface area contributed by atoms with Crippen LogP contribution in [0.3, 0.4) is 0 Å². The highest BCUT2D eigenvalue weighted by molar-refractivity contribution is 5.99. The van der Waals surface area contributed by atoms with Gasteiger partial charge in [0.1, 0.15) is 29.2 Å². The van der Waals surface area contributed by atoms with E-state index in [0.29, 0.717) is 23.3 Å². The molecule has 180 valence electrons. The Labute approximate surface area is 195 Å². The number of likely N-dealkylation sites (N-methyl/N-ethyl adjacent to an activating group) is 1. The van der Waals surface area contributed by atoms with Gasteiger partial charge in [-0.2, -0.15) is 31.6 Å². The number of rotatable bonds is 3. The van der Waals surface area contributed by atoms with E-state index in [1.807, 2.05) is 0 Å². The zero-order chi connectivity index (χ0) is 27.5. The van der Waals surface area contributed by atoms with Gasteiger partial charge < -0.3 is 9.80 Å². The van der Waals surface area contributed by atoms with Crippen LogP contribution in [-0.4, -0.2) is 30.0 Å². The molecule has 0 N–H and O–H groups in total. The van der Waals surface area contributed by atoms with E-state index in [1.165, 1.54) is 24.3 Å². The van der Waals surface area contributed by atoms with E-state index in [9.17, 15) is 36.4 Å². The number of carbonyl (C=O) groups excluding carboxylic acids is 1. The van der Waals surface area contributed by atoms with Crippen LogP contribution in [0.15, 0.2) is 30.3 Å². The predicted molar refractivity (Wildman–Crippen MR) is 111 cm³/mol. The van der Waals surface area contributed by atoms with Crippen molar-refractivity contribution in [1.29, 1.82) is 5.26 Å². The molecule has 0 radical (unpaired) electrons. The fourth-order valence-corrected chi connectivity index (χ4v) is 4.83. The number of piperidine rings is 1. The number of alkyl halides is 6. The quantitative estimate of drug-likeness (QED) is 0.553. The van der Waals surface area contributed by atoms with Gasteiger partial charge in [-0.1, -0.05) is 12.1 Å². The van der Waals surface area contributed by atoms with Crippen LogP contribution in [0.1, 0.15) is 45.8 Å². The molecule has 2 heterocycles. The van der Waals surface area contributed by atoms with Gasteiger partial charge in [-0.25, -0.2) is 4.98 Å². The van der Waals surface area contributed by atoms with Crippen LogP contribution in [-0.2, 0) is 17.1 Å². The Morgan fingerprint density at radius 3 is 2.53 bits per heavy atom. The Kier molecular flexibility index (Phi) is 4.84. The first kappa shape index (κ1) is 20.1. The van der Waals surface area contributed by atoms with Gasteiger partial charge in [0.15, 0.2) is 0 Å². The van der Waals surface area contributed by atoms with Crippen molar-refractivity contribution < 1.29 is 35.2 Å². The summed E-state index contributed by atoms with van der Waals surface area (Å²) in [6.45, 7) is -1.34. The number of pyridine rings is 1. The molecule has 1 saturated heterocycles. The van der Waals surface area contributed by atoms with E-state index in [0.717, 1.165) is 4.90 Å². The van der Waals surface area contributed by atoms with E-state index in [2.05, 4.69) is 4.98 Å². The molecule has 11 heteroatoms. The molecule has 34 heavy (non-hydrogen) atoms. The van der Waals surface area contributed by atoms with Crippen molar-refractivity contribution >= 4 is 17.4 Å². The molecule has 0 spiro atoms. The second-order valence-electron chi connectivity index (χ2n) is 8.45. The summed E-state index contributed by atoms with van der Waals surface area (Å²) in [6, 6.07) is 4.97. The average molecular weight is 485 g/mol. The lowest BCUT2D eigenvalue weighted by molar-refractivity contribution is -0.145. The van der Waals surface area contributed by atoms with Crippen LogP contribution in [0, 0.1) is 24.2 Å². The summed E-state index contributed by atoms with van der Waals surface area (Å²) in [5, 5.41) is 9.58. The molecule has 3 atom stereocenters. The number of anilines is 2. The SMILES string of the molecule is [2H]C([2H])([2H])N(C(=O)[C@@H]1[C@H]2CC[C@H](C2)N1c1nc(C(F)(F)F)cc(C(F)(F)F)c1C#N)c1cccc(C)c1. The van der Waals surface area contributed by atoms with Crippen molar-refractivity contribution in [2.75, 3.05) is 16.8 Å². The third kappa shape index (κ3) is 4.06. The Bertz CT molecular complexity index is 1270. The number of aryl methyl sites for hydroxylation is 1. The number of hydrogen-bond donors (Lipinski definition) is 0. The van der Waals surface area contributed by atoms with E-state index >= 15 is 0 Å². The van der Waals surface area contributed by atoms with Gasteiger partial charge in [0.2, 0.25) is 5.91 Å². The highest BCUT2D eigenvalue weighted by Crippen LogP contribution is 2.48. The molecule has 4 rings (SSSR count). The number of fused-ring (bicyclic) bond motifs is 2. The Morgan fingerprint density at radius 2 is 1.94 bits per heavy atom. The lowest BCUT2D eigenvalue weighted by atomic mass is 9.96. The maximum Gasteiger partial charge on any atom is 0.433 e. The van der Waals surface area contributed by atoms with Gasteiger partial charge in [-0.05, 0) is 55.9 Å². The second-order valence-corrected chi connectivity index (χ2v) is 8.45. The van der Waals surface area contributed by atoms with E-state index in [1.54, 1.807) is 13.0 Å². The summed E-state index contributed by atoms with van der Waals surface area (Å²) in [5.74, 6) is -2.50. The number of aromatic nitrogens is 1. The Morgan fingerprint density at radius 1 is 1.21 bits per heavy atom. The molecule has 1 aliphatic heterocycles. The summed E-state index contributed by atoms with van der Waals surface area (Å²) in [5.41, 5.74) is -4.21. The molecular formula is C23H20F6N4O. The maximum atomic E-state index is 13.8. The van der Waals surface area contributed by atoms with E-state index in [4.69, 9.17) is 4.11 Å². The minimum absolute atomic E-state index is 0.00112. The first-order valence-electron chi connectivity index (χ1n) is 11.8. The molecule has 0 unspecified atom stereocenters. The number of carbonyl (C=O) groups is 1. The zero-order valence-corrected chi connectivity index (χ0v) is 17.7. The van der Waals surface area contributed by atoms with Crippen molar-refractivity contribution in [3.05, 3.63) is 52.7 Å². The minimum Gasteiger partial charge on any atom is -0.340 e. The first-order valence-corrected chi connectivity index (χ1v) is 10.3. The highest BCUT2D eigenvalue weighted by atomic mass is 19.4. The van der Waals surface area contributed by atoms with Crippen molar-refractivity contribution in [3.8, 4) is 6.07 Å². The fraction of sp³-hybridized carbons (Fsp3) is 0.435. The Hall–Kier alpha value is -3.29. The summed E-state index contributed by atoms with van der Waals surface area (Å²) < 4.78 is 106. The van der Waals surface area contributed by atoms with Crippen LogP contribution < -0.4 is 9.80 Å². The van der Waals surface area contributed by atoms with Crippen LogP contribution in [0.25, 0.3) is 0 Å². The minimum atomic E-state index is -5.31. The molecule has 5 nitrogen and oxygen atoms in total. The molecule has 1 amide bonds. The molecule has 1 aromatic carbocycles. The molecular weight excluding hydrogens is 462 g/mol. The predicted octanol–water partition coefficient (Wildman–Crippen LogP) is 5.32. The van der Waals surface area contributed by atoms with Gasteiger partial charge in [-0.3, -0.25) is 4.79 Å². The number of amides is 1. The third-order valence-electron chi connectivity index (χ3n) is 6.27. The van der Waals surface area contributed by atoms with Gasteiger partial charge in [-0.15, -0.1) is 0 Å². The monoisotopic (exact) mass is 485 g/mol. The van der Waals surface area contributed by atoms with Crippen LogP contribution in [0.4, 0.5) is 37.8 Å². The number of nitrogens with zero attached hydrogens (tertiary/aromatic N) is 4. The smallest absolute Gasteiger partial charge is 0.340 e. The highest BCUT2D eigenvalue weighted by Gasteiger charge is 2.53. The van der Waals surface area contributed by atoms with Crippen LogP contribution in [0.2, 0.25) is 0 Å². The van der Waals surface area contributed by atoms with Crippen LogP contribution in [0.5, 0.6) is 0 Å². The van der Waals surface area contributed by atoms with Gasteiger partial charge in [0.05, 0.1) is 5.56 Å². The van der Waals surface area contributed by atoms with E-state index in [-0.39, 0.29) is 18.2 Å². The number of benzene rings is 1. The standard InChI is InChI=1S/C23H20F6N4O/c1-12-4-3-5-14(8-12)32(2)21(34)19-13-6-7-15(9-13)33(19)20-16(11-30)17(22(24,25)26)10-18(31-20)23(27,28)29/h3-5,8,10,13,15,19H,6-7,9H2,1-2H3/t13-,15+,19-/m0/s1/i2D3. The molecule has 1 aliphatic carbocycles. The summed E-state index contributed by atoms with van der Waals surface area (Å²) in [4.78, 5) is 18.7. The van der Waals surface area contributed by atoms with Crippen LogP contribution >= 0.6 is 0 Å². The molecule has 2 aromatic rings. The Balaban J connectivity index is 1.91. The van der Waals surface area contributed by atoms with Gasteiger partial charge in [0, 0.05) is 22.8 Å². The first-order chi connectivity index (χ1) is 17.0. The molecule has 2 aliphatic rings. The number of nitriles is 1. The molecule has 1 saturated carbocycles. The second kappa shape index (κ2) is 8.18. The van der Waals surface area contributed by atoms with Crippen molar-refractivity contribution in [2.45, 2.75) is 50.6 Å². The van der Waals surface area contributed by atoms with Crippen molar-refractivity contribution in [1.82, 2.24) is 4.98 Å². The number of halogens is 6. The third-order valence-corrected chi connectivity index (χ3v) is 6.27. The maximum absolute atomic E-state index is 13.8.